The second kappa shape index (κ2) is 4.82. The molecule has 1 aromatic carbocycles. The summed E-state index contributed by atoms with van der Waals surface area (Å²) in [5.74, 6) is 1.05. The van der Waals surface area contributed by atoms with E-state index >= 15 is 0 Å². The number of hydrogen-bond donors (Lipinski definition) is 0. The zero-order chi connectivity index (χ0) is 15.3. The Balaban J connectivity index is 1.89. The van der Waals surface area contributed by atoms with Gasteiger partial charge in [-0.1, -0.05) is 62.9 Å². The molecule has 2 aliphatic heterocycles. The van der Waals surface area contributed by atoms with Gasteiger partial charge in [-0.05, 0) is 25.6 Å². The van der Waals surface area contributed by atoms with Gasteiger partial charge in [0.1, 0.15) is 16.3 Å². The molecule has 0 amide bonds. The molecule has 0 aromatic heterocycles. The summed E-state index contributed by atoms with van der Waals surface area (Å²) in [5, 5.41) is 3.23. The highest BCUT2D eigenvalue weighted by atomic mass is 32.2. The van der Waals surface area contributed by atoms with Gasteiger partial charge in [-0.3, -0.25) is 4.99 Å². The quantitative estimate of drug-likeness (QED) is 0.704. The zero-order valence-corrected chi connectivity index (χ0v) is 14.8. The van der Waals surface area contributed by atoms with Crippen LogP contribution < -0.4 is 0 Å². The van der Waals surface area contributed by atoms with Gasteiger partial charge in [0.05, 0.1) is 0 Å². The third kappa shape index (κ3) is 2.53. The van der Waals surface area contributed by atoms with Crippen LogP contribution in [0.3, 0.4) is 0 Å². The molecular weight excluding hydrogens is 298 g/mol. The second-order valence-corrected chi connectivity index (χ2v) is 9.42. The Hall–Kier alpha value is -0.870. The summed E-state index contributed by atoms with van der Waals surface area (Å²) < 4.78 is 6.04. The molecular formula is C17H21NOS2. The smallest absolute Gasteiger partial charge is 0.235 e. The maximum absolute atomic E-state index is 6.41. The number of hydrogen-bond acceptors (Lipinski definition) is 4. The molecule has 0 bridgehead atoms. The molecule has 1 atom stereocenters. The van der Waals surface area contributed by atoms with Crippen molar-refractivity contribution in [1.29, 1.82) is 0 Å². The molecule has 1 unspecified atom stereocenters. The number of aliphatic imine (C=N–C) groups is 1. The second-order valence-electron chi connectivity index (χ2n) is 6.95. The van der Waals surface area contributed by atoms with Crippen LogP contribution in [0, 0.1) is 5.41 Å². The number of benzene rings is 1. The average Bonchev–Trinajstić information content (AvgIpc) is 2.94. The van der Waals surface area contributed by atoms with Crippen molar-refractivity contribution in [2.24, 2.45) is 10.4 Å². The predicted octanol–water partition coefficient (Wildman–Crippen LogP) is 5.26. The first-order valence-electron chi connectivity index (χ1n) is 7.15. The molecule has 2 aliphatic rings. The standard InChI is InChI=1S/C17H21NOS2/c1-15(2,3)13-11-20-17(19-13)16(4,5)18-14(21-17)12-9-7-6-8-10-12/h6-11H,1-5H3. The van der Waals surface area contributed by atoms with Gasteiger partial charge in [0.15, 0.2) is 0 Å². The molecule has 112 valence electrons. The van der Waals surface area contributed by atoms with Gasteiger partial charge >= 0.3 is 0 Å². The summed E-state index contributed by atoms with van der Waals surface area (Å²) in [5.41, 5.74) is 0.931. The fraction of sp³-hybridized carbons (Fsp3) is 0.471. The highest BCUT2D eigenvalue weighted by molar-refractivity contribution is 8.27. The van der Waals surface area contributed by atoms with Crippen LogP contribution in [0.25, 0.3) is 0 Å². The molecule has 2 heterocycles. The van der Waals surface area contributed by atoms with Crippen LogP contribution in [0.4, 0.5) is 0 Å². The van der Waals surface area contributed by atoms with Crippen LogP contribution in [-0.4, -0.2) is 14.8 Å². The third-order valence-electron chi connectivity index (χ3n) is 3.69. The van der Waals surface area contributed by atoms with Crippen molar-refractivity contribution in [3.63, 3.8) is 0 Å². The van der Waals surface area contributed by atoms with Crippen LogP contribution in [0.5, 0.6) is 0 Å². The summed E-state index contributed by atoms with van der Waals surface area (Å²) in [7, 11) is 0. The molecule has 2 nitrogen and oxygen atoms in total. The van der Waals surface area contributed by atoms with Crippen molar-refractivity contribution in [3.8, 4) is 0 Å². The van der Waals surface area contributed by atoms with Gasteiger partial charge in [-0.2, -0.15) is 0 Å². The molecule has 0 saturated carbocycles. The lowest BCUT2D eigenvalue weighted by atomic mass is 9.94. The minimum atomic E-state index is -0.374. The Bertz CT molecular complexity index is 613. The number of ether oxygens (including phenoxy) is 1. The van der Waals surface area contributed by atoms with E-state index in [1.54, 1.807) is 23.5 Å². The summed E-state index contributed by atoms with van der Waals surface area (Å²) in [6.45, 7) is 10.9. The minimum Gasteiger partial charge on any atom is -0.467 e. The molecule has 1 spiro atoms. The third-order valence-corrected chi connectivity index (χ3v) is 6.82. The molecule has 4 heteroatoms. The highest BCUT2D eigenvalue weighted by Crippen LogP contribution is 2.60. The van der Waals surface area contributed by atoms with Crippen LogP contribution in [-0.2, 0) is 4.74 Å². The van der Waals surface area contributed by atoms with Gasteiger partial charge in [0.25, 0.3) is 0 Å². The molecule has 0 aliphatic carbocycles. The van der Waals surface area contributed by atoms with E-state index < -0.39 is 0 Å². The van der Waals surface area contributed by atoms with E-state index in [-0.39, 0.29) is 15.2 Å². The van der Waals surface area contributed by atoms with Crippen LogP contribution in [0.15, 0.2) is 46.5 Å². The van der Waals surface area contributed by atoms with Crippen LogP contribution >= 0.6 is 23.5 Å². The van der Waals surface area contributed by atoms with E-state index in [2.05, 4.69) is 64.3 Å². The first-order valence-corrected chi connectivity index (χ1v) is 8.85. The lowest BCUT2D eigenvalue weighted by molar-refractivity contribution is 0.0802. The van der Waals surface area contributed by atoms with Crippen LogP contribution in [0.2, 0.25) is 0 Å². The molecule has 0 fully saturated rings. The van der Waals surface area contributed by atoms with E-state index in [4.69, 9.17) is 9.73 Å². The van der Waals surface area contributed by atoms with E-state index in [9.17, 15) is 0 Å². The van der Waals surface area contributed by atoms with E-state index in [0.717, 1.165) is 10.8 Å². The first kappa shape index (κ1) is 15.0. The normalized spacial score (nSPS) is 27.5. The highest BCUT2D eigenvalue weighted by Gasteiger charge is 2.57. The van der Waals surface area contributed by atoms with Crippen molar-refractivity contribution in [2.75, 3.05) is 0 Å². The van der Waals surface area contributed by atoms with E-state index in [0.29, 0.717) is 0 Å². The Kier molecular flexibility index (Phi) is 3.45. The Morgan fingerprint density at radius 1 is 1.10 bits per heavy atom. The largest absolute Gasteiger partial charge is 0.467 e. The summed E-state index contributed by atoms with van der Waals surface area (Å²) in [6, 6.07) is 10.4. The predicted molar refractivity (Wildman–Crippen MR) is 93.6 cm³/mol. The SMILES string of the molecule is CC(C)(C)C1=CSC2(O1)SC(c1ccccc1)=NC2(C)C. The summed E-state index contributed by atoms with van der Waals surface area (Å²) in [4.78, 5) is 4.94. The molecule has 0 radical (unpaired) electrons. The van der Waals surface area contributed by atoms with Gasteiger partial charge < -0.3 is 4.74 Å². The van der Waals surface area contributed by atoms with Crippen LogP contribution in [0.1, 0.15) is 40.2 Å². The summed E-state index contributed by atoms with van der Waals surface area (Å²) in [6.07, 6.45) is 0. The topological polar surface area (TPSA) is 21.6 Å². The van der Waals surface area contributed by atoms with Crippen molar-refractivity contribution in [1.82, 2.24) is 0 Å². The van der Waals surface area contributed by atoms with Crippen molar-refractivity contribution in [2.45, 2.75) is 44.4 Å². The Labute approximate surface area is 135 Å². The molecule has 21 heavy (non-hydrogen) atoms. The Morgan fingerprint density at radius 2 is 1.76 bits per heavy atom. The fourth-order valence-electron chi connectivity index (χ4n) is 2.27. The van der Waals surface area contributed by atoms with E-state index in [1.165, 1.54) is 5.56 Å². The van der Waals surface area contributed by atoms with Crippen molar-refractivity contribution < 1.29 is 4.74 Å². The molecule has 3 rings (SSSR count). The zero-order valence-electron chi connectivity index (χ0n) is 13.1. The monoisotopic (exact) mass is 319 g/mol. The van der Waals surface area contributed by atoms with Gasteiger partial charge in [-0.25, -0.2) is 0 Å². The van der Waals surface area contributed by atoms with Gasteiger partial charge in [0, 0.05) is 16.4 Å². The molecule has 0 N–H and O–H groups in total. The maximum Gasteiger partial charge on any atom is 0.235 e. The van der Waals surface area contributed by atoms with Gasteiger partial charge in [0.2, 0.25) is 4.27 Å². The van der Waals surface area contributed by atoms with Gasteiger partial charge in [-0.15, -0.1) is 0 Å². The number of thioether (sulfide) groups is 2. The summed E-state index contributed by atoms with van der Waals surface area (Å²) >= 11 is 3.50. The first-order chi connectivity index (χ1) is 9.74. The Morgan fingerprint density at radius 3 is 2.33 bits per heavy atom. The van der Waals surface area contributed by atoms with E-state index in [1.807, 2.05) is 6.07 Å². The minimum absolute atomic E-state index is 0.0304. The number of nitrogens with zero attached hydrogens (tertiary/aromatic N) is 1. The molecule has 1 aromatic rings. The maximum atomic E-state index is 6.41. The van der Waals surface area contributed by atoms with Crippen molar-refractivity contribution in [3.05, 3.63) is 47.1 Å². The number of allylic oxidation sites excluding steroid dienone is 1. The lowest BCUT2D eigenvalue weighted by Crippen LogP contribution is -2.40. The lowest BCUT2D eigenvalue weighted by Gasteiger charge is -2.35. The van der Waals surface area contributed by atoms with Crippen molar-refractivity contribution >= 4 is 28.6 Å². The number of rotatable bonds is 1. The molecule has 0 saturated heterocycles. The fourth-order valence-corrected chi connectivity index (χ4v) is 5.19. The average molecular weight is 319 g/mol.